The van der Waals surface area contributed by atoms with Crippen molar-refractivity contribution in [1.29, 1.82) is 0 Å². The van der Waals surface area contributed by atoms with Gasteiger partial charge in [-0.25, -0.2) is 13.2 Å². The Hall–Kier alpha value is -2.87. The third-order valence-electron chi connectivity index (χ3n) is 4.06. The molecule has 1 atom stereocenters. The Labute approximate surface area is 171 Å². The Kier molecular flexibility index (Phi) is 6.69. The topological polar surface area (TPSA) is 90.0 Å². The average Bonchev–Trinajstić information content (AvgIpc) is 2.67. The van der Waals surface area contributed by atoms with E-state index in [1.807, 2.05) is 0 Å². The molecule has 0 aliphatic heterocycles. The van der Waals surface area contributed by atoms with Gasteiger partial charge in [0.2, 0.25) is 5.25 Å². The van der Waals surface area contributed by atoms with Crippen molar-refractivity contribution in [1.82, 2.24) is 0 Å². The quantitative estimate of drug-likeness (QED) is 0.667. The molecular weight excluding hydrogens is 394 g/mol. The number of carbonyl (C=O) groups excluding carboxylic acids is 2. The fraction of sp³-hybridized carbons (Fsp3) is 0.333. The van der Waals surface area contributed by atoms with Gasteiger partial charge in [-0.1, -0.05) is 30.3 Å². The first-order chi connectivity index (χ1) is 13.5. The molecule has 0 N–H and O–H groups in total. The highest BCUT2D eigenvalue weighted by Gasteiger charge is 2.38. The molecule has 7 nitrogen and oxygen atoms in total. The molecule has 0 spiro atoms. The largest absolute Gasteiger partial charge is 0.468 e. The zero-order valence-corrected chi connectivity index (χ0v) is 17.9. The molecule has 2 aromatic carbocycles. The molecule has 29 heavy (non-hydrogen) atoms. The number of benzene rings is 2. The minimum atomic E-state index is -4.14. The lowest BCUT2D eigenvalue weighted by Crippen LogP contribution is -2.36. The van der Waals surface area contributed by atoms with Crippen LogP contribution in [0.3, 0.4) is 0 Å². The van der Waals surface area contributed by atoms with Gasteiger partial charge in [0.25, 0.3) is 10.0 Å². The van der Waals surface area contributed by atoms with E-state index in [4.69, 9.17) is 9.47 Å². The summed E-state index contributed by atoms with van der Waals surface area (Å²) in [6.07, 6.45) is 0. The van der Waals surface area contributed by atoms with Gasteiger partial charge in [-0.3, -0.25) is 9.10 Å². The maximum absolute atomic E-state index is 13.2. The molecule has 2 aromatic rings. The first kappa shape index (κ1) is 22.4. The smallest absolute Gasteiger partial charge is 0.338 e. The van der Waals surface area contributed by atoms with Crippen molar-refractivity contribution < 1.29 is 27.5 Å². The van der Waals surface area contributed by atoms with Gasteiger partial charge in [0.1, 0.15) is 5.60 Å². The van der Waals surface area contributed by atoms with Crippen LogP contribution in [0.4, 0.5) is 5.69 Å². The van der Waals surface area contributed by atoms with E-state index in [0.29, 0.717) is 5.69 Å². The van der Waals surface area contributed by atoms with Crippen molar-refractivity contribution in [3.05, 3.63) is 65.7 Å². The predicted octanol–water partition coefficient (Wildman–Crippen LogP) is 3.32. The first-order valence-electron chi connectivity index (χ1n) is 8.91. The van der Waals surface area contributed by atoms with Crippen LogP contribution in [-0.2, 0) is 24.3 Å². The summed E-state index contributed by atoms with van der Waals surface area (Å²) in [4.78, 5) is 24.6. The van der Waals surface area contributed by atoms with E-state index in [-0.39, 0.29) is 11.1 Å². The van der Waals surface area contributed by atoms with Gasteiger partial charge in [-0.2, -0.15) is 0 Å². The second kappa shape index (κ2) is 8.65. The van der Waals surface area contributed by atoms with E-state index >= 15 is 0 Å². The van der Waals surface area contributed by atoms with Crippen molar-refractivity contribution in [3.8, 4) is 0 Å². The standard InChI is InChI=1S/C21H25NO6S/c1-21(2,3)28-19(23)16-13-11-15(12-14-16)18(20(24)27-5)29(25,26)22(4)17-9-7-6-8-10-17/h6-14,18H,1-5H3. The van der Waals surface area contributed by atoms with Gasteiger partial charge >= 0.3 is 11.9 Å². The van der Waals surface area contributed by atoms with Crippen LogP contribution in [0.2, 0.25) is 0 Å². The van der Waals surface area contributed by atoms with Crippen molar-refractivity contribution >= 4 is 27.6 Å². The second-order valence-electron chi connectivity index (χ2n) is 7.38. The summed E-state index contributed by atoms with van der Waals surface area (Å²) in [5.74, 6) is -1.46. The SMILES string of the molecule is COC(=O)C(c1ccc(C(=O)OC(C)(C)C)cc1)S(=O)(=O)N(C)c1ccccc1. The molecule has 0 aliphatic rings. The highest BCUT2D eigenvalue weighted by Crippen LogP contribution is 2.30. The molecule has 0 fully saturated rings. The first-order valence-corrected chi connectivity index (χ1v) is 10.4. The van der Waals surface area contributed by atoms with Crippen molar-refractivity contribution in [2.75, 3.05) is 18.5 Å². The summed E-state index contributed by atoms with van der Waals surface area (Å²) >= 11 is 0. The van der Waals surface area contributed by atoms with Crippen LogP contribution in [0.25, 0.3) is 0 Å². The third-order valence-corrected chi connectivity index (χ3v) is 6.10. The number of methoxy groups -OCH3 is 1. The van der Waals surface area contributed by atoms with E-state index in [2.05, 4.69) is 0 Å². The number of esters is 2. The monoisotopic (exact) mass is 419 g/mol. The van der Waals surface area contributed by atoms with Crippen LogP contribution in [0, 0.1) is 0 Å². The average molecular weight is 419 g/mol. The van der Waals surface area contributed by atoms with Gasteiger partial charge in [-0.05, 0) is 50.6 Å². The van der Waals surface area contributed by atoms with Crippen LogP contribution in [0.5, 0.6) is 0 Å². The molecule has 2 rings (SSSR count). The van der Waals surface area contributed by atoms with Crippen molar-refractivity contribution in [3.63, 3.8) is 0 Å². The van der Waals surface area contributed by atoms with E-state index in [0.717, 1.165) is 11.4 Å². The fourth-order valence-electron chi connectivity index (χ4n) is 2.61. The summed E-state index contributed by atoms with van der Waals surface area (Å²) < 4.78 is 37.4. The third kappa shape index (κ3) is 5.35. The molecule has 0 radical (unpaired) electrons. The van der Waals surface area contributed by atoms with Crippen LogP contribution >= 0.6 is 0 Å². The molecule has 1 unspecified atom stereocenters. The van der Waals surface area contributed by atoms with E-state index < -0.39 is 32.8 Å². The number of para-hydroxylation sites is 1. The lowest BCUT2D eigenvalue weighted by molar-refractivity contribution is -0.140. The summed E-state index contributed by atoms with van der Waals surface area (Å²) in [7, 11) is -1.64. The minimum Gasteiger partial charge on any atom is -0.468 e. The Balaban J connectivity index is 2.40. The normalized spacial score (nSPS) is 12.7. The molecule has 0 amide bonds. The summed E-state index contributed by atoms with van der Waals surface area (Å²) in [5.41, 5.74) is 0.186. The highest BCUT2D eigenvalue weighted by atomic mass is 32.2. The molecule has 0 heterocycles. The van der Waals surface area contributed by atoms with Crippen molar-refractivity contribution in [2.24, 2.45) is 0 Å². The van der Waals surface area contributed by atoms with Crippen molar-refractivity contribution in [2.45, 2.75) is 31.6 Å². The molecule has 0 saturated heterocycles. The van der Waals surface area contributed by atoms with Gasteiger partial charge in [0.15, 0.2) is 0 Å². The Bertz CT molecular complexity index is 962. The maximum Gasteiger partial charge on any atom is 0.338 e. The fourth-order valence-corrected chi connectivity index (χ4v) is 4.18. The van der Waals surface area contributed by atoms with Crippen LogP contribution in [0.15, 0.2) is 54.6 Å². The molecule has 0 saturated carbocycles. The Morgan fingerprint density at radius 2 is 1.52 bits per heavy atom. The number of hydrogen-bond acceptors (Lipinski definition) is 6. The molecular formula is C21H25NO6S. The van der Waals surface area contributed by atoms with E-state index in [1.54, 1.807) is 51.1 Å². The van der Waals surface area contributed by atoms with Crippen LogP contribution < -0.4 is 4.31 Å². The summed E-state index contributed by atoms with van der Waals surface area (Å²) in [5, 5.41) is -1.58. The number of sulfonamides is 1. The number of ether oxygens (including phenoxy) is 2. The predicted molar refractivity (Wildman–Crippen MR) is 110 cm³/mol. The molecule has 0 aromatic heterocycles. The van der Waals surface area contributed by atoms with E-state index in [1.165, 1.54) is 31.3 Å². The number of anilines is 1. The van der Waals surface area contributed by atoms with Gasteiger partial charge in [0.05, 0.1) is 18.4 Å². The maximum atomic E-state index is 13.2. The Morgan fingerprint density at radius 1 is 0.966 bits per heavy atom. The number of rotatable bonds is 6. The lowest BCUT2D eigenvalue weighted by atomic mass is 10.1. The highest BCUT2D eigenvalue weighted by molar-refractivity contribution is 7.93. The van der Waals surface area contributed by atoms with Gasteiger partial charge in [-0.15, -0.1) is 0 Å². The summed E-state index contributed by atoms with van der Waals surface area (Å²) in [6.45, 7) is 5.25. The van der Waals surface area contributed by atoms with Gasteiger partial charge in [0, 0.05) is 7.05 Å². The van der Waals surface area contributed by atoms with Crippen LogP contribution in [-0.4, -0.2) is 40.1 Å². The van der Waals surface area contributed by atoms with Crippen LogP contribution in [0.1, 0.15) is 41.9 Å². The van der Waals surface area contributed by atoms with E-state index in [9.17, 15) is 18.0 Å². The molecule has 0 aliphatic carbocycles. The molecule has 156 valence electrons. The molecule has 0 bridgehead atoms. The number of carbonyl (C=O) groups is 2. The summed E-state index contributed by atoms with van der Waals surface area (Å²) in [6, 6.07) is 14.1. The second-order valence-corrected chi connectivity index (χ2v) is 9.42. The van der Waals surface area contributed by atoms with Gasteiger partial charge < -0.3 is 9.47 Å². The molecule has 8 heteroatoms. The zero-order chi connectivity index (χ0) is 21.8. The Morgan fingerprint density at radius 3 is 2.00 bits per heavy atom. The lowest BCUT2D eigenvalue weighted by Gasteiger charge is -2.25. The zero-order valence-electron chi connectivity index (χ0n) is 17.1. The number of hydrogen-bond donors (Lipinski definition) is 0. The number of nitrogens with zero attached hydrogens (tertiary/aromatic N) is 1. The minimum absolute atomic E-state index is 0.187.